The van der Waals surface area contributed by atoms with Crippen LogP contribution in [0.1, 0.15) is 16.1 Å². The van der Waals surface area contributed by atoms with Gasteiger partial charge in [0, 0.05) is 36.9 Å². The van der Waals surface area contributed by atoms with Gasteiger partial charge in [-0.15, -0.1) is 0 Å². The molecule has 194 valence electrons. The molecular formula is C24H25N5O7S. The molecule has 0 bridgehead atoms. The van der Waals surface area contributed by atoms with Crippen LogP contribution < -0.4 is 5.32 Å². The van der Waals surface area contributed by atoms with E-state index < -0.39 is 16.9 Å². The lowest BCUT2D eigenvalue weighted by molar-refractivity contribution is -0.380. The second kappa shape index (κ2) is 13.6. The molecule has 0 spiro atoms. The van der Waals surface area contributed by atoms with Gasteiger partial charge < -0.3 is 20.4 Å². The first-order valence-electron chi connectivity index (χ1n) is 10.7. The highest BCUT2D eigenvalue weighted by Crippen LogP contribution is 2.35. The number of hydrogen-bond acceptors (Lipinski definition) is 9. The molecule has 2 heterocycles. The summed E-state index contributed by atoms with van der Waals surface area (Å²) < 4.78 is 0. The molecular weight excluding hydrogens is 502 g/mol. The zero-order chi connectivity index (χ0) is 27.5. The van der Waals surface area contributed by atoms with Crippen molar-refractivity contribution >= 4 is 34.2 Å². The molecule has 12 nitrogen and oxygen atoms in total. The summed E-state index contributed by atoms with van der Waals surface area (Å²) in [6.45, 7) is 2.91. The largest absolute Gasteiger partial charge is 0.478 e. The number of nitrogens with one attached hydrogen (secondary N) is 1. The Bertz CT molecular complexity index is 1290. The number of hydrogen-bond donors (Lipinski definition) is 3. The number of aryl methyl sites for hydroxylation is 1. The molecule has 0 unspecified atom stereocenters. The molecule has 0 aliphatic carbocycles. The monoisotopic (exact) mass is 527 g/mol. The number of aromatic nitrogens is 2. The van der Waals surface area contributed by atoms with Crippen molar-refractivity contribution < 1.29 is 29.5 Å². The molecule has 37 heavy (non-hydrogen) atoms. The van der Waals surface area contributed by atoms with E-state index in [0.29, 0.717) is 52.9 Å². The Kier molecular flexibility index (Phi) is 10.5. The number of thiophene rings is 1. The van der Waals surface area contributed by atoms with Gasteiger partial charge in [0.1, 0.15) is 0 Å². The SMILES string of the molecule is Cc1nc(-c2ccccc2)nc(-c2ccc([N+](=O)[O-])s2)c1C(=O)NCCN(C)C.O=C(O)C=CC(=O)O. The van der Waals surface area contributed by atoms with Gasteiger partial charge in [-0.3, -0.25) is 14.9 Å². The zero-order valence-electron chi connectivity index (χ0n) is 20.2. The number of amides is 1. The van der Waals surface area contributed by atoms with Crippen molar-refractivity contribution in [3.05, 3.63) is 76.0 Å². The molecule has 1 amide bonds. The molecule has 3 aromatic rings. The van der Waals surface area contributed by atoms with Crippen LogP contribution in [-0.2, 0) is 9.59 Å². The quantitative estimate of drug-likeness (QED) is 0.213. The average molecular weight is 528 g/mol. The fraction of sp³-hybridized carbons (Fsp3) is 0.208. The van der Waals surface area contributed by atoms with Gasteiger partial charge in [-0.25, -0.2) is 19.6 Å². The number of carbonyl (C=O) groups excluding carboxylic acids is 1. The van der Waals surface area contributed by atoms with Crippen LogP contribution in [0.2, 0.25) is 0 Å². The highest BCUT2D eigenvalue weighted by atomic mass is 32.1. The minimum absolute atomic E-state index is 0.00325. The topological polar surface area (TPSA) is 176 Å². The maximum Gasteiger partial charge on any atom is 0.328 e. The van der Waals surface area contributed by atoms with Crippen LogP contribution in [0.4, 0.5) is 5.00 Å². The van der Waals surface area contributed by atoms with Crippen LogP contribution in [0.5, 0.6) is 0 Å². The lowest BCUT2D eigenvalue weighted by Crippen LogP contribution is -2.32. The fourth-order valence-electron chi connectivity index (χ4n) is 2.92. The molecule has 0 aliphatic heterocycles. The Morgan fingerprint density at radius 3 is 2.19 bits per heavy atom. The predicted molar refractivity (Wildman–Crippen MR) is 137 cm³/mol. The van der Waals surface area contributed by atoms with Gasteiger partial charge in [-0.05, 0) is 27.1 Å². The number of carbonyl (C=O) groups is 3. The molecule has 0 saturated heterocycles. The van der Waals surface area contributed by atoms with Gasteiger partial charge >= 0.3 is 16.9 Å². The third-order valence-corrected chi connectivity index (χ3v) is 5.61. The second-order valence-electron chi connectivity index (χ2n) is 7.69. The van der Waals surface area contributed by atoms with Crippen molar-refractivity contribution in [1.29, 1.82) is 0 Å². The number of nitro groups is 1. The van der Waals surface area contributed by atoms with E-state index in [1.165, 1.54) is 6.07 Å². The number of benzene rings is 1. The number of carboxylic acids is 2. The summed E-state index contributed by atoms with van der Waals surface area (Å²) in [7, 11) is 3.84. The highest BCUT2D eigenvalue weighted by Gasteiger charge is 2.23. The summed E-state index contributed by atoms with van der Waals surface area (Å²) in [6.07, 6.45) is 1.12. The van der Waals surface area contributed by atoms with E-state index in [9.17, 15) is 24.5 Å². The summed E-state index contributed by atoms with van der Waals surface area (Å²) in [5.74, 6) is -2.34. The van der Waals surface area contributed by atoms with Crippen LogP contribution in [0.25, 0.3) is 22.0 Å². The molecule has 13 heteroatoms. The van der Waals surface area contributed by atoms with Gasteiger partial charge in [0.25, 0.3) is 5.91 Å². The van der Waals surface area contributed by atoms with E-state index in [-0.39, 0.29) is 10.9 Å². The Morgan fingerprint density at radius 1 is 1.05 bits per heavy atom. The number of likely N-dealkylation sites (N-methyl/N-ethyl adjacent to an activating group) is 1. The molecule has 0 atom stereocenters. The molecule has 3 rings (SSSR count). The van der Waals surface area contributed by atoms with Crippen molar-refractivity contribution in [3.8, 4) is 22.0 Å². The van der Waals surface area contributed by atoms with E-state index in [1.807, 2.05) is 49.3 Å². The Balaban J connectivity index is 0.000000521. The summed E-state index contributed by atoms with van der Waals surface area (Å²) in [5.41, 5.74) is 2.06. The standard InChI is InChI=1S/C20H21N5O3S.C4H4O4/c1-13-17(20(26)21-11-12-24(2)3)18(15-9-10-16(29-15)25(27)28)23-19(22-13)14-7-5-4-6-8-14;5-3(6)1-2-4(7)8/h4-10H,11-12H2,1-3H3,(H,21,26);1-2H,(H,5,6)(H,7,8). The molecule has 0 saturated carbocycles. The van der Waals surface area contributed by atoms with E-state index in [4.69, 9.17) is 10.2 Å². The average Bonchev–Trinajstić information content (AvgIpc) is 3.33. The number of aliphatic carboxylic acids is 2. The van der Waals surface area contributed by atoms with Crippen LogP contribution in [-0.4, -0.2) is 75.0 Å². The van der Waals surface area contributed by atoms with E-state index in [0.717, 1.165) is 16.9 Å². The molecule has 0 fully saturated rings. The Hall–Kier alpha value is -4.49. The molecule has 1 aromatic carbocycles. The number of nitrogens with zero attached hydrogens (tertiary/aromatic N) is 4. The minimum Gasteiger partial charge on any atom is -0.478 e. The fourth-order valence-corrected chi connectivity index (χ4v) is 3.73. The first-order valence-corrected chi connectivity index (χ1v) is 11.6. The van der Waals surface area contributed by atoms with Crippen LogP contribution >= 0.6 is 11.3 Å². The summed E-state index contributed by atoms with van der Waals surface area (Å²) in [6, 6.07) is 12.5. The molecule has 0 radical (unpaired) electrons. The summed E-state index contributed by atoms with van der Waals surface area (Å²) in [5, 5.41) is 29.6. The Labute approximate surface area is 216 Å². The third-order valence-electron chi connectivity index (χ3n) is 4.57. The van der Waals surface area contributed by atoms with Gasteiger partial charge in [-0.1, -0.05) is 41.7 Å². The van der Waals surface area contributed by atoms with Crippen molar-refractivity contribution in [2.24, 2.45) is 0 Å². The Morgan fingerprint density at radius 2 is 1.68 bits per heavy atom. The van der Waals surface area contributed by atoms with Crippen molar-refractivity contribution in [2.45, 2.75) is 6.92 Å². The predicted octanol–water partition coefficient (Wildman–Crippen LogP) is 3.09. The van der Waals surface area contributed by atoms with E-state index in [1.54, 1.807) is 13.0 Å². The van der Waals surface area contributed by atoms with Crippen molar-refractivity contribution in [2.75, 3.05) is 27.2 Å². The third kappa shape index (κ3) is 8.91. The summed E-state index contributed by atoms with van der Waals surface area (Å²) in [4.78, 5) is 54.3. The van der Waals surface area contributed by atoms with Gasteiger partial charge in [0.15, 0.2) is 5.82 Å². The lowest BCUT2D eigenvalue weighted by atomic mass is 10.1. The maximum atomic E-state index is 12.9. The minimum atomic E-state index is -1.26. The molecule has 3 N–H and O–H groups in total. The smallest absolute Gasteiger partial charge is 0.328 e. The maximum absolute atomic E-state index is 12.9. The lowest BCUT2D eigenvalue weighted by Gasteiger charge is -2.14. The van der Waals surface area contributed by atoms with Crippen LogP contribution in [0.15, 0.2) is 54.6 Å². The zero-order valence-corrected chi connectivity index (χ0v) is 21.1. The van der Waals surface area contributed by atoms with Crippen LogP contribution in [0, 0.1) is 17.0 Å². The number of carboxylic acid groups (broad SMARTS) is 2. The van der Waals surface area contributed by atoms with Gasteiger partial charge in [0.05, 0.1) is 26.8 Å². The number of rotatable bonds is 9. The second-order valence-corrected chi connectivity index (χ2v) is 8.75. The van der Waals surface area contributed by atoms with E-state index >= 15 is 0 Å². The van der Waals surface area contributed by atoms with E-state index in [2.05, 4.69) is 15.3 Å². The first kappa shape index (κ1) is 28.7. The van der Waals surface area contributed by atoms with Crippen molar-refractivity contribution in [1.82, 2.24) is 20.2 Å². The normalized spacial score (nSPS) is 10.6. The first-order chi connectivity index (χ1) is 17.5. The highest BCUT2D eigenvalue weighted by molar-refractivity contribution is 7.18. The van der Waals surface area contributed by atoms with Gasteiger partial charge in [0.2, 0.25) is 0 Å². The van der Waals surface area contributed by atoms with Crippen molar-refractivity contribution in [3.63, 3.8) is 0 Å². The molecule has 2 aromatic heterocycles. The van der Waals surface area contributed by atoms with Crippen LogP contribution in [0.3, 0.4) is 0 Å². The molecule has 0 aliphatic rings. The van der Waals surface area contributed by atoms with Gasteiger partial charge in [-0.2, -0.15) is 0 Å². The summed E-state index contributed by atoms with van der Waals surface area (Å²) >= 11 is 0.989.